The number of amides is 1. The van der Waals surface area contributed by atoms with Gasteiger partial charge >= 0.3 is 5.97 Å². The van der Waals surface area contributed by atoms with Crippen LogP contribution in [0.4, 0.5) is 11.4 Å². The summed E-state index contributed by atoms with van der Waals surface area (Å²) in [6.45, 7) is 0. The third-order valence-corrected chi connectivity index (χ3v) is 6.40. The van der Waals surface area contributed by atoms with E-state index >= 15 is 0 Å². The van der Waals surface area contributed by atoms with Crippen molar-refractivity contribution in [3.05, 3.63) is 130 Å². The fraction of sp³-hybridized carbons (Fsp3) is 0.0667. The van der Waals surface area contributed by atoms with Crippen LogP contribution in [-0.4, -0.2) is 28.4 Å². The van der Waals surface area contributed by atoms with Gasteiger partial charge in [0.15, 0.2) is 5.78 Å². The summed E-state index contributed by atoms with van der Waals surface area (Å²) >= 11 is 0. The molecule has 9 heteroatoms. The lowest BCUT2D eigenvalue weighted by molar-refractivity contribution is -0.384. The van der Waals surface area contributed by atoms with Crippen LogP contribution in [0.15, 0.2) is 103 Å². The number of ketones is 2. The van der Waals surface area contributed by atoms with E-state index < -0.39 is 40.4 Å². The molecule has 0 spiro atoms. The molecule has 0 saturated heterocycles. The molecular weight excluding hydrogens is 500 g/mol. The molecule has 9 nitrogen and oxygen atoms in total. The van der Waals surface area contributed by atoms with E-state index in [-0.39, 0.29) is 22.5 Å². The minimum atomic E-state index is -1.71. The number of nitro groups is 1. The first kappa shape index (κ1) is 25.2. The Morgan fingerprint density at radius 1 is 0.821 bits per heavy atom. The van der Waals surface area contributed by atoms with E-state index in [1.807, 2.05) is 18.2 Å². The van der Waals surface area contributed by atoms with Crippen LogP contribution in [0.25, 0.3) is 11.1 Å². The summed E-state index contributed by atoms with van der Waals surface area (Å²) in [5, 5.41) is 13.5. The maximum absolute atomic E-state index is 14.1. The van der Waals surface area contributed by atoms with Gasteiger partial charge in [0.25, 0.3) is 11.6 Å². The van der Waals surface area contributed by atoms with Gasteiger partial charge in [-0.2, -0.15) is 0 Å². The largest absolute Gasteiger partial charge is 0.453 e. The molecule has 1 amide bonds. The zero-order chi connectivity index (χ0) is 27.5. The van der Waals surface area contributed by atoms with E-state index in [1.165, 1.54) is 24.3 Å². The Hall–Kier alpha value is -5.44. The lowest BCUT2D eigenvalue weighted by Crippen LogP contribution is -2.38. The van der Waals surface area contributed by atoms with Gasteiger partial charge in [-0.25, -0.2) is 4.79 Å². The van der Waals surface area contributed by atoms with Gasteiger partial charge in [0.05, 0.1) is 10.5 Å². The third-order valence-electron chi connectivity index (χ3n) is 6.40. The van der Waals surface area contributed by atoms with Crippen molar-refractivity contribution >= 4 is 34.8 Å². The molecule has 4 aromatic rings. The second kappa shape index (κ2) is 10.5. The number of hydrogen-bond donors (Lipinski definition) is 1. The highest BCUT2D eigenvalue weighted by Gasteiger charge is 2.46. The van der Waals surface area contributed by atoms with Gasteiger partial charge in [0.2, 0.25) is 5.78 Å². The number of nitro benzene ring substituents is 1. The first-order valence-corrected chi connectivity index (χ1v) is 11.9. The predicted octanol–water partition coefficient (Wildman–Crippen LogP) is 5.18. The molecule has 0 unspecified atom stereocenters. The van der Waals surface area contributed by atoms with Gasteiger partial charge in [0, 0.05) is 28.9 Å². The Labute approximate surface area is 222 Å². The van der Waals surface area contributed by atoms with Crippen molar-refractivity contribution in [2.45, 2.75) is 6.10 Å². The molecular formula is C30H20N2O7. The van der Waals surface area contributed by atoms with Crippen LogP contribution in [0.2, 0.25) is 0 Å². The minimum Gasteiger partial charge on any atom is -0.453 e. The number of anilines is 1. The second-order valence-corrected chi connectivity index (χ2v) is 8.79. The number of fused-ring (bicyclic) bond motifs is 1. The average molecular weight is 520 g/mol. The van der Waals surface area contributed by atoms with Crippen LogP contribution in [0, 0.1) is 16.0 Å². The number of non-ortho nitro benzene ring substituents is 1. The third kappa shape index (κ3) is 4.93. The summed E-state index contributed by atoms with van der Waals surface area (Å²) in [7, 11) is 0. The zero-order valence-corrected chi connectivity index (χ0v) is 20.3. The van der Waals surface area contributed by atoms with Crippen molar-refractivity contribution < 1.29 is 28.8 Å². The molecule has 0 radical (unpaired) electrons. The van der Waals surface area contributed by atoms with E-state index in [9.17, 15) is 29.3 Å². The maximum Gasteiger partial charge on any atom is 0.339 e. The molecule has 4 aromatic carbocycles. The number of ether oxygens (including phenoxy) is 1. The van der Waals surface area contributed by atoms with E-state index in [2.05, 4.69) is 5.32 Å². The number of nitrogens with one attached hydrogen (secondary N) is 1. The fourth-order valence-electron chi connectivity index (χ4n) is 4.58. The monoisotopic (exact) mass is 520 g/mol. The van der Waals surface area contributed by atoms with E-state index in [0.717, 1.165) is 11.6 Å². The van der Waals surface area contributed by atoms with Crippen molar-refractivity contribution in [1.29, 1.82) is 0 Å². The molecule has 1 heterocycles. The van der Waals surface area contributed by atoms with Crippen LogP contribution in [0.5, 0.6) is 0 Å². The fourth-order valence-corrected chi connectivity index (χ4v) is 4.58. The number of benzene rings is 4. The Morgan fingerprint density at radius 3 is 2.23 bits per heavy atom. The van der Waals surface area contributed by atoms with Gasteiger partial charge in [-0.05, 0) is 23.3 Å². The molecule has 0 saturated carbocycles. The summed E-state index contributed by atoms with van der Waals surface area (Å²) in [6, 6.07) is 27.1. The first-order chi connectivity index (χ1) is 18.8. The van der Waals surface area contributed by atoms with Gasteiger partial charge in [-0.15, -0.1) is 0 Å². The Kier molecular flexibility index (Phi) is 6.79. The number of rotatable bonds is 8. The van der Waals surface area contributed by atoms with Crippen molar-refractivity contribution in [3.63, 3.8) is 0 Å². The number of nitrogens with zero attached hydrogens (tertiary/aromatic N) is 1. The van der Waals surface area contributed by atoms with Gasteiger partial charge < -0.3 is 10.1 Å². The molecule has 0 bridgehead atoms. The van der Waals surface area contributed by atoms with E-state index in [1.54, 1.807) is 54.6 Å². The number of carbonyl (C=O) groups is 4. The average Bonchev–Trinajstić information content (AvgIpc) is 3.29. The van der Waals surface area contributed by atoms with Crippen molar-refractivity contribution in [3.8, 4) is 11.1 Å². The van der Waals surface area contributed by atoms with Crippen molar-refractivity contribution in [2.75, 3.05) is 5.32 Å². The van der Waals surface area contributed by atoms with Crippen LogP contribution >= 0.6 is 0 Å². The molecule has 0 aromatic heterocycles. The molecule has 1 aliphatic rings. The Morgan fingerprint density at radius 2 is 1.49 bits per heavy atom. The number of cyclic esters (lactones) is 1. The van der Waals surface area contributed by atoms with Gasteiger partial charge in [-0.3, -0.25) is 24.5 Å². The second-order valence-electron chi connectivity index (χ2n) is 8.79. The van der Waals surface area contributed by atoms with Crippen molar-refractivity contribution in [2.24, 2.45) is 5.92 Å². The van der Waals surface area contributed by atoms with Crippen molar-refractivity contribution in [1.82, 2.24) is 0 Å². The smallest absolute Gasteiger partial charge is 0.339 e. The number of esters is 1. The van der Waals surface area contributed by atoms with E-state index in [0.29, 0.717) is 11.1 Å². The summed E-state index contributed by atoms with van der Waals surface area (Å²) in [5.41, 5.74) is 1.66. The lowest BCUT2D eigenvalue weighted by Gasteiger charge is -2.22. The number of hydrogen-bond acceptors (Lipinski definition) is 7. The molecule has 1 aliphatic heterocycles. The molecule has 5 rings (SSSR count). The van der Waals surface area contributed by atoms with Crippen LogP contribution < -0.4 is 5.32 Å². The van der Waals surface area contributed by atoms with E-state index in [4.69, 9.17) is 4.74 Å². The molecule has 1 N–H and O–H groups in total. The number of carbonyl (C=O) groups excluding carboxylic acids is 4. The summed E-state index contributed by atoms with van der Waals surface area (Å²) in [5.74, 6) is -5.45. The predicted molar refractivity (Wildman–Crippen MR) is 141 cm³/mol. The Balaban J connectivity index is 1.56. The molecule has 192 valence electrons. The number of Topliss-reactive ketones (excluding diaryl/α,β-unsaturated/α-hetero) is 2. The highest BCUT2D eigenvalue weighted by atomic mass is 16.6. The molecule has 0 aliphatic carbocycles. The Bertz CT molecular complexity index is 1630. The topological polar surface area (TPSA) is 133 Å². The van der Waals surface area contributed by atoms with Crippen LogP contribution in [0.1, 0.15) is 32.4 Å². The summed E-state index contributed by atoms with van der Waals surface area (Å²) in [6.07, 6.45) is -1.34. The summed E-state index contributed by atoms with van der Waals surface area (Å²) in [4.78, 5) is 64.0. The summed E-state index contributed by atoms with van der Waals surface area (Å²) < 4.78 is 5.50. The minimum absolute atomic E-state index is 0.00208. The zero-order valence-electron chi connectivity index (χ0n) is 20.3. The first-order valence-electron chi connectivity index (χ1n) is 11.9. The highest BCUT2D eigenvalue weighted by molar-refractivity contribution is 6.45. The van der Waals surface area contributed by atoms with Gasteiger partial charge in [-0.1, -0.05) is 78.9 Å². The standard InChI is InChI=1S/C30H20N2O7/c33-26(22-14-5-4-13-21(22)18-9-2-1-3-10-18)25(28-23-15-6-7-16-24(23)30(36)39-28)27(34)29(35)31-19-11-8-12-20(17-19)32(37)38/h1-17,25,28H,(H,31,35)/t25-,28-/m1/s1. The van der Waals surface area contributed by atoms with Crippen LogP contribution in [-0.2, 0) is 14.3 Å². The maximum atomic E-state index is 14.1. The highest BCUT2D eigenvalue weighted by Crippen LogP contribution is 2.39. The normalized spacial score (nSPS) is 14.6. The quantitative estimate of drug-likeness (QED) is 0.0845. The lowest BCUT2D eigenvalue weighted by atomic mass is 9.82. The molecule has 0 fully saturated rings. The van der Waals surface area contributed by atoms with Crippen LogP contribution in [0.3, 0.4) is 0 Å². The SMILES string of the molecule is O=C(Nc1cccc([N+](=O)[O-])c1)C(=O)[C@@H](C(=O)c1ccccc1-c1ccccc1)[C@@H]1OC(=O)c2ccccc21. The van der Waals surface area contributed by atoms with Gasteiger partial charge in [0.1, 0.15) is 12.0 Å². The molecule has 2 atom stereocenters. The molecule has 39 heavy (non-hydrogen) atoms.